The molecule has 0 aliphatic carbocycles. The highest BCUT2D eigenvalue weighted by Crippen LogP contribution is 2.19. The van der Waals surface area contributed by atoms with Crippen LogP contribution < -0.4 is 33.6 Å². The van der Waals surface area contributed by atoms with Gasteiger partial charge in [0.15, 0.2) is 5.96 Å². The molecule has 2 rings (SSSR count). The van der Waals surface area contributed by atoms with E-state index in [1.54, 1.807) is 12.1 Å². The standard InChI is InChI=1S/C25H42N8O4/c26-13-2-1-5-20(23(36)31-19(22(27)35)6-3-14-30-25(28)29)32-24(37)21-7-4-15-33(21)16-12-17-8-10-18(34)11-9-17/h8-11,19-21,34H,1-7,12-16,26H2,(H2,27,35)(H,31,36)(H,32,37)(H4,28,29,30)/t19-,20-,21-/m0/s1. The van der Waals surface area contributed by atoms with Crippen molar-refractivity contribution < 1.29 is 19.5 Å². The minimum atomic E-state index is -0.899. The number of carbonyl (C=O) groups excluding carboxylic acids is 3. The first kappa shape index (κ1) is 29.8. The van der Waals surface area contributed by atoms with Crippen molar-refractivity contribution in [2.45, 2.75) is 69.5 Å². The van der Waals surface area contributed by atoms with Crippen LogP contribution in [0.3, 0.4) is 0 Å². The van der Waals surface area contributed by atoms with Crippen molar-refractivity contribution in [3.05, 3.63) is 29.8 Å². The van der Waals surface area contributed by atoms with E-state index in [9.17, 15) is 19.5 Å². The molecule has 206 valence electrons. The third kappa shape index (κ3) is 10.6. The van der Waals surface area contributed by atoms with Gasteiger partial charge in [0.05, 0.1) is 6.04 Å². The highest BCUT2D eigenvalue weighted by Gasteiger charge is 2.33. The van der Waals surface area contributed by atoms with Gasteiger partial charge in [0, 0.05) is 13.1 Å². The van der Waals surface area contributed by atoms with E-state index in [0.717, 1.165) is 24.9 Å². The number of phenols is 1. The van der Waals surface area contributed by atoms with E-state index in [2.05, 4.69) is 20.5 Å². The fraction of sp³-hybridized carbons (Fsp3) is 0.600. The molecule has 0 saturated carbocycles. The van der Waals surface area contributed by atoms with Gasteiger partial charge in [0.2, 0.25) is 17.7 Å². The molecule has 0 spiro atoms. The summed E-state index contributed by atoms with van der Waals surface area (Å²) in [6, 6.07) is 4.98. The number of rotatable bonds is 16. The van der Waals surface area contributed by atoms with Gasteiger partial charge >= 0.3 is 0 Å². The lowest BCUT2D eigenvalue weighted by molar-refractivity contribution is -0.133. The molecule has 1 saturated heterocycles. The molecule has 11 N–H and O–H groups in total. The number of benzene rings is 1. The van der Waals surface area contributed by atoms with Crippen LogP contribution in [0.5, 0.6) is 5.75 Å². The maximum Gasteiger partial charge on any atom is 0.243 e. The van der Waals surface area contributed by atoms with Gasteiger partial charge < -0.3 is 38.7 Å². The molecule has 1 aromatic carbocycles. The van der Waals surface area contributed by atoms with Gasteiger partial charge in [-0.3, -0.25) is 24.3 Å². The number of nitrogens with two attached hydrogens (primary N) is 4. The van der Waals surface area contributed by atoms with E-state index in [0.29, 0.717) is 51.7 Å². The lowest BCUT2D eigenvalue weighted by Gasteiger charge is -2.27. The van der Waals surface area contributed by atoms with Crippen LogP contribution in [0.15, 0.2) is 29.3 Å². The van der Waals surface area contributed by atoms with Crippen molar-refractivity contribution in [1.82, 2.24) is 15.5 Å². The van der Waals surface area contributed by atoms with Crippen LogP contribution in [-0.2, 0) is 20.8 Å². The van der Waals surface area contributed by atoms with Gasteiger partial charge in [-0.15, -0.1) is 0 Å². The molecule has 3 amide bonds. The zero-order chi connectivity index (χ0) is 27.2. The second-order valence-corrected chi connectivity index (χ2v) is 9.37. The minimum Gasteiger partial charge on any atom is -0.508 e. The summed E-state index contributed by atoms with van der Waals surface area (Å²) in [6.45, 7) is 2.26. The Morgan fingerprint density at radius 1 is 1.03 bits per heavy atom. The molecule has 37 heavy (non-hydrogen) atoms. The van der Waals surface area contributed by atoms with Gasteiger partial charge in [-0.1, -0.05) is 12.1 Å². The SMILES string of the molecule is NCCCC[C@H](NC(=O)[C@@H]1CCCN1CCc1ccc(O)cc1)C(=O)N[C@@H](CCCN=C(N)N)C(N)=O. The summed E-state index contributed by atoms with van der Waals surface area (Å²) in [4.78, 5) is 44.2. The molecule has 1 fully saturated rings. The number of hydrogen-bond acceptors (Lipinski definition) is 7. The van der Waals surface area contributed by atoms with E-state index < -0.39 is 23.9 Å². The number of unbranched alkanes of at least 4 members (excludes halogenated alkanes) is 1. The number of primary amides is 1. The van der Waals surface area contributed by atoms with Gasteiger partial charge in [0.25, 0.3) is 0 Å². The van der Waals surface area contributed by atoms with Crippen molar-refractivity contribution in [3.63, 3.8) is 0 Å². The predicted octanol–water partition coefficient (Wildman–Crippen LogP) is -0.963. The van der Waals surface area contributed by atoms with E-state index in [4.69, 9.17) is 22.9 Å². The maximum absolute atomic E-state index is 13.2. The summed E-state index contributed by atoms with van der Waals surface area (Å²) >= 11 is 0. The molecule has 12 nitrogen and oxygen atoms in total. The highest BCUT2D eigenvalue weighted by atomic mass is 16.3. The second-order valence-electron chi connectivity index (χ2n) is 9.37. The Kier molecular flexibility index (Phi) is 12.6. The molecule has 0 bridgehead atoms. The first-order valence-corrected chi connectivity index (χ1v) is 12.9. The lowest BCUT2D eigenvalue weighted by Crippen LogP contribution is -2.55. The van der Waals surface area contributed by atoms with Crippen LogP contribution in [0, 0.1) is 0 Å². The fourth-order valence-corrected chi connectivity index (χ4v) is 4.42. The monoisotopic (exact) mass is 518 g/mol. The molecular weight excluding hydrogens is 476 g/mol. The number of phenolic OH excluding ortho intramolecular Hbond substituents is 1. The number of guanidine groups is 1. The smallest absolute Gasteiger partial charge is 0.243 e. The van der Waals surface area contributed by atoms with Crippen molar-refractivity contribution in [3.8, 4) is 5.75 Å². The number of carbonyl (C=O) groups is 3. The number of likely N-dealkylation sites (tertiary alicyclic amines) is 1. The fourth-order valence-electron chi connectivity index (χ4n) is 4.42. The minimum absolute atomic E-state index is 0.0497. The van der Waals surface area contributed by atoms with E-state index in [-0.39, 0.29) is 30.1 Å². The largest absolute Gasteiger partial charge is 0.508 e. The van der Waals surface area contributed by atoms with Crippen LogP contribution in [0.25, 0.3) is 0 Å². The van der Waals surface area contributed by atoms with Crippen LogP contribution >= 0.6 is 0 Å². The Bertz CT molecular complexity index is 904. The normalized spacial score (nSPS) is 17.1. The summed E-state index contributed by atoms with van der Waals surface area (Å²) in [5.41, 5.74) is 22.8. The van der Waals surface area contributed by atoms with E-state index in [1.165, 1.54) is 0 Å². The molecule has 0 unspecified atom stereocenters. The topological polar surface area (TPSA) is 215 Å². The Morgan fingerprint density at radius 2 is 1.73 bits per heavy atom. The van der Waals surface area contributed by atoms with Crippen LogP contribution in [0.2, 0.25) is 0 Å². The van der Waals surface area contributed by atoms with Crippen molar-refractivity contribution in [2.75, 3.05) is 26.2 Å². The zero-order valence-electron chi connectivity index (χ0n) is 21.4. The van der Waals surface area contributed by atoms with Gasteiger partial charge in [-0.05, 0) is 82.2 Å². The van der Waals surface area contributed by atoms with Gasteiger partial charge in [-0.25, -0.2) is 0 Å². The summed E-state index contributed by atoms with van der Waals surface area (Å²) in [5, 5.41) is 15.1. The number of amides is 3. The Hall–Kier alpha value is -3.38. The quantitative estimate of drug-likeness (QED) is 0.0819. The molecular formula is C25H42N8O4. The molecule has 0 radical (unpaired) electrons. The van der Waals surface area contributed by atoms with Crippen LogP contribution in [-0.4, -0.2) is 78.0 Å². The molecule has 0 aromatic heterocycles. The predicted molar refractivity (Wildman–Crippen MR) is 142 cm³/mol. The Labute approximate surface area is 218 Å². The van der Waals surface area contributed by atoms with E-state index in [1.807, 2.05) is 12.1 Å². The molecule has 1 aliphatic rings. The summed E-state index contributed by atoms with van der Waals surface area (Å²) in [5.74, 6) is -1.16. The average Bonchev–Trinajstić information content (AvgIpc) is 3.33. The number of aliphatic imine (C=N–C) groups is 1. The molecule has 12 heteroatoms. The third-order valence-corrected chi connectivity index (χ3v) is 6.48. The zero-order valence-corrected chi connectivity index (χ0v) is 21.4. The van der Waals surface area contributed by atoms with Crippen LogP contribution in [0.1, 0.15) is 50.5 Å². The first-order valence-electron chi connectivity index (χ1n) is 12.9. The highest BCUT2D eigenvalue weighted by molar-refractivity contribution is 5.92. The maximum atomic E-state index is 13.2. The third-order valence-electron chi connectivity index (χ3n) is 6.48. The Balaban J connectivity index is 1.98. The lowest BCUT2D eigenvalue weighted by atomic mass is 10.1. The summed E-state index contributed by atoms with van der Waals surface area (Å²) in [7, 11) is 0. The van der Waals surface area contributed by atoms with Crippen LogP contribution in [0.4, 0.5) is 0 Å². The Morgan fingerprint density at radius 3 is 2.38 bits per heavy atom. The number of hydrogen-bond donors (Lipinski definition) is 7. The number of aromatic hydroxyl groups is 1. The number of nitrogens with zero attached hydrogens (tertiary/aromatic N) is 2. The first-order chi connectivity index (χ1) is 17.7. The van der Waals surface area contributed by atoms with Gasteiger partial charge in [-0.2, -0.15) is 0 Å². The van der Waals surface area contributed by atoms with Gasteiger partial charge in [0.1, 0.15) is 17.8 Å². The van der Waals surface area contributed by atoms with E-state index >= 15 is 0 Å². The molecule has 1 heterocycles. The summed E-state index contributed by atoms with van der Waals surface area (Å²) in [6.07, 6.45) is 4.81. The average molecular weight is 519 g/mol. The molecule has 1 aromatic rings. The van der Waals surface area contributed by atoms with Crippen molar-refractivity contribution >= 4 is 23.7 Å². The number of nitrogens with one attached hydrogen (secondary N) is 2. The second kappa shape index (κ2) is 15.7. The van der Waals surface area contributed by atoms with Crippen molar-refractivity contribution in [1.29, 1.82) is 0 Å². The summed E-state index contributed by atoms with van der Waals surface area (Å²) < 4.78 is 0. The molecule has 3 atom stereocenters. The molecule has 1 aliphatic heterocycles. The van der Waals surface area contributed by atoms with Crippen molar-refractivity contribution in [2.24, 2.45) is 27.9 Å².